The van der Waals surface area contributed by atoms with E-state index in [4.69, 9.17) is 27.6 Å². The number of aromatic nitrogens is 1. The summed E-state index contributed by atoms with van der Waals surface area (Å²) in [5.74, 6) is -0.708. The number of H-pyrrole nitrogens is 1. The fraction of sp³-hybridized carbons (Fsp3) is 0.190. The van der Waals surface area contributed by atoms with Crippen LogP contribution in [-0.2, 0) is 9.59 Å². The number of carbonyl (C=O) groups is 2. The van der Waals surface area contributed by atoms with Gasteiger partial charge in [0.15, 0.2) is 5.58 Å². The molecule has 1 atom stereocenters. The maximum atomic E-state index is 12.8. The van der Waals surface area contributed by atoms with Gasteiger partial charge in [-0.3, -0.25) is 14.6 Å². The lowest BCUT2D eigenvalue weighted by molar-refractivity contribution is -0.123. The van der Waals surface area contributed by atoms with Crippen LogP contribution in [0.4, 0.5) is 5.69 Å². The van der Waals surface area contributed by atoms with Gasteiger partial charge in [-0.2, -0.15) is 11.8 Å². The highest BCUT2D eigenvalue weighted by atomic mass is 35.5. The van der Waals surface area contributed by atoms with Crippen molar-refractivity contribution in [3.05, 3.63) is 68.6 Å². The molecule has 2 amide bonds. The standard InChI is InChI=1S/C21H19Cl2N3O4S/c1-31-9-8-16(25-19(27)7-2-12-10-13(22)3-5-15(12)23)20(28)24-14-4-6-18-17(11-14)26-21(29)30-18/h2-7,10-11,16H,8-9H2,1H3,(H,24,28)(H,25,27)(H,26,29)/b7-2+. The quantitative estimate of drug-likeness (QED) is 0.417. The van der Waals surface area contributed by atoms with E-state index < -0.39 is 17.7 Å². The Labute approximate surface area is 192 Å². The van der Waals surface area contributed by atoms with Crippen LogP contribution in [0.15, 0.2) is 51.7 Å². The van der Waals surface area contributed by atoms with Gasteiger partial charge in [-0.05, 0) is 66.5 Å². The van der Waals surface area contributed by atoms with Crippen molar-refractivity contribution in [3.63, 3.8) is 0 Å². The highest BCUT2D eigenvalue weighted by Crippen LogP contribution is 2.22. The molecule has 0 spiro atoms. The van der Waals surface area contributed by atoms with E-state index in [1.807, 2.05) is 6.26 Å². The first-order valence-electron chi connectivity index (χ1n) is 9.22. The summed E-state index contributed by atoms with van der Waals surface area (Å²) in [7, 11) is 0. The van der Waals surface area contributed by atoms with Gasteiger partial charge in [0, 0.05) is 21.8 Å². The third-order valence-electron chi connectivity index (χ3n) is 4.30. The van der Waals surface area contributed by atoms with E-state index in [0.717, 1.165) is 0 Å². The summed E-state index contributed by atoms with van der Waals surface area (Å²) >= 11 is 13.6. The predicted octanol–water partition coefficient (Wildman–Crippen LogP) is 4.32. The molecule has 0 aliphatic heterocycles. The van der Waals surface area contributed by atoms with Crippen LogP contribution in [0.1, 0.15) is 12.0 Å². The number of benzene rings is 2. The normalized spacial score (nSPS) is 12.2. The van der Waals surface area contributed by atoms with Crippen LogP contribution < -0.4 is 16.4 Å². The number of amides is 2. The van der Waals surface area contributed by atoms with Gasteiger partial charge >= 0.3 is 5.76 Å². The van der Waals surface area contributed by atoms with Gasteiger partial charge in [0.05, 0.1) is 5.52 Å². The maximum Gasteiger partial charge on any atom is 0.417 e. The van der Waals surface area contributed by atoms with Crippen molar-refractivity contribution in [2.24, 2.45) is 0 Å². The molecule has 3 rings (SSSR count). The predicted molar refractivity (Wildman–Crippen MR) is 126 cm³/mol. The number of oxazole rings is 1. The summed E-state index contributed by atoms with van der Waals surface area (Å²) in [6.07, 6.45) is 5.20. The molecule has 0 saturated heterocycles. The number of fused-ring (bicyclic) bond motifs is 1. The van der Waals surface area contributed by atoms with Crippen molar-refractivity contribution in [1.29, 1.82) is 0 Å². The minimum atomic E-state index is -0.751. The van der Waals surface area contributed by atoms with Crippen molar-refractivity contribution in [2.75, 3.05) is 17.3 Å². The number of rotatable bonds is 8. The molecule has 1 unspecified atom stereocenters. The molecule has 3 N–H and O–H groups in total. The molecular weight excluding hydrogens is 461 g/mol. The Morgan fingerprint density at radius 1 is 1.23 bits per heavy atom. The largest absolute Gasteiger partial charge is 0.417 e. The molecule has 0 bridgehead atoms. The van der Waals surface area contributed by atoms with Crippen LogP contribution in [0.25, 0.3) is 17.2 Å². The minimum absolute atomic E-state index is 0.373. The first-order chi connectivity index (χ1) is 14.9. The molecule has 3 aromatic rings. The summed E-state index contributed by atoms with van der Waals surface area (Å²) in [6.45, 7) is 0. The van der Waals surface area contributed by atoms with Crippen LogP contribution in [0.5, 0.6) is 0 Å². The SMILES string of the molecule is CSCCC(NC(=O)/C=C/c1cc(Cl)ccc1Cl)C(=O)Nc1ccc2oc(=O)[nH]c2c1. The molecule has 0 saturated carbocycles. The van der Waals surface area contributed by atoms with Crippen LogP contribution in [0, 0.1) is 0 Å². The first-order valence-corrected chi connectivity index (χ1v) is 11.4. The van der Waals surface area contributed by atoms with Crippen molar-refractivity contribution < 1.29 is 14.0 Å². The zero-order valence-corrected chi connectivity index (χ0v) is 18.7. The van der Waals surface area contributed by atoms with E-state index in [-0.39, 0.29) is 5.91 Å². The van der Waals surface area contributed by atoms with Crippen molar-refractivity contribution >= 4 is 69.6 Å². The Kier molecular flexibility index (Phi) is 7.84. The Balaban J connectivity index is 1.69. The summed E-state index contributed by atoms with van der Waals surface area (Å²) < 4.78 is 4.95. The van der Waals surface area contributed by atoms with Crippen molar-refractivity contribution in [1.82, 2.24) is 10.3 Å². The average molecular weight is 480 g/mol. The Hall–Kier alpha value is -2.68. The van der Waals surface area contributed by atoms with Crippen LogP contribution in [0.3, 0.4) is 0 Å². The molecule has 31 heavy (non-hydrogen) atoms. The average Bonchev–Trinajstić information content (AvgIpc) is 3.10. The number of hydrogen-bond donors (Lipinski definition) is 3. The van der Waals surface area contributed by atoms with Gasteiger partial charge in [-0.1, -0.05) is 23.2 Å². The van der Waals surface area contributed by atoms with Crippen molar-refractivity contribution in [3.8, 4) is 0 Å². The van der Waals surface area contributed by atoms with Crippen LogP contribution >= 0.6 is 35.0 Å². The lowest BCUT2D eigenvalue weighted by atomic mass is 10.1. The molecule has 0 aliphatic rings. The third-order valence-corrected chi connectivity index (χ3v) is 5.53. The zero-order chi connectivity index (χ0) is 22.4. The van der Waals surface area contributed by atoms with Crippen molar-refractivity contribution in [2.45, 2.75) is 12.5 Å². The van der Waals surface area contributed by atoms with Gasteiger partial charge < -0.3 is 15.1 Å². The van der Waals surface area contributed by atoms with Crippen LogP contribution in [-0.4, -0.2) is 34.8 Å². The smallest absolute Gasteiger partial charge is 0.408 e. The lowest BCUT2D eigenvalue weighted by Crippen LogP contribution is -2.43. The fourth-order valence-corrected chi connectivity index (χ4v) is 3.62. The number of halogens is 2. The highest BCUT2D eigenvalue weighted by Gasteiger charge is 2.20. The Bertz CT molecular complexity index is 1190. The number of aromatic amines is 1. The van der Waals surface area contributed by atoms with Gasteiger partial charge in [-0.25, -0.2) is 4.79 Å². The van der Waals surface area contributed by atoms with E-state index in [9.17, 15) is 14.4 Å². The van der Waals surface area contributed by atoms with Gasteiger partial charge in [0.1, 0.15) is 6.04 Å². The second kappa shape index (κ2) is 10.6. The molecule has 1 aromatic heterocycles. The highest BCUT2D eigenvalue weighted by molar-refractivity contribution is 7.98. The molecular formula is C21H19Cl2N3O4S. The lowest BCUT2D eigenvalue weighted by Gasteiger charge is -2.17. The first kappa shape index (κ1) is 23.0. The van der Waals surface area contributed by atoms with E-state index in [1.165, 1.54) is 12.2 Å². The van der Waals surface area contributed by atoms with Gasteiger partial charge in [0.25, 0.3) is 0 Å². The molecule has 0 radical (unpaired) electrons. The van der Waals surface area contributed by atoms with E-state index >= 15 is 0 Å². The monoisotopic (exact) mass is 479 g/mol. The number of hydrogen-bond acceptors (Lipinski definition) is 5. The topological polar surface area (TPSA) is 104 Å². The summed E-state index contributed by atoms with van der Waals surface area (Å²) in [5, 5.41) is 6.43. The Morgan fingerprint density at radius 2 is 2.03 bits per heavy atom. The van der Waals surface area contributed by atoms with Gasteiger partial charge in [0.2, 0.25) is 11.8 Å². The molecule has 10 heteroatoms. The van der Waals surface area contributed by atoms with E-state index in [1.54, 1.807) is 48.2 Å². The van der Waals surface area contributed by atoms with E-state index in [2.05, 4.69) is 15.6 Å². The fourth-order valence-electron chi connectivity index (χ4n) is 2.79. The van der Waals surface area contributed by atoms with Crippen LogP contribution in [0.2, 0.25) is 10.0 Å². The number of thioether (sulfide) groups is 1. The molecule has 7 nitrogen and oxygen atoms in total. The summed E-state index contributed by atoms with van der Waals surface area (Å²) in [4.78, 5) is 39.0. The molecule has 1 heterocycles. The summed E-state index contributed by atoms with van der Waals surface area (Å²) in [5.41, 5.74) is 1.92. The maximum absolute atomic E-state index is 12.8. The minimum Gasteiger partial charge on any atom is -0.408 e. The summed E-state index contributed by atoms with van der Waals surface area (Å²) in [6, 6.07) is 8.97. The molecule has 0 aliphatic carbocycles. The molecule has 0 fully saturated rings. The third kappa shape index (κ3) is 6.40. The number of nitrogens with one attached hydrogen (secondary N) is 3. The zero-order valence-electron chi connectivity index (χ0n) is 16.4. The number of anilines is 1. The van der Waals surface area contributed by atoms with Gasteiger partial charge in [-0.15, -0.1) is 0 Å². The number of carbonyl (C=O) groups excluding carboxylic acids is 2. The molecule has 2 aromatic carbocycles. The van der Waals surface area contributed by atoms with E-state index in [0.29, 0.717) is 44.6 Å². The second-order valence-electron chi connectivity index (χ2n) is 6.56. The molecule has 162 valence electrons. The Morgan fingerprint density at radius 3 is 2.81 bits per heavy atom. The second-order valence-corrected chi connectivity index (χ2v) is 8.39.